The number of carbonyl (C=O) groups is 1. The monoisotopic (exact) mass is 358 g/mol. The van der Waals surface area contributed by atoms with Crippen molar-refractivity contribution in [2.45, 2.75) is 26.7 Å². The molecule has 140 valence electrons. The second-order valence-corrected chi connectivity index (χ2v) is 5.79. The molecule has 7 nitrogen and oxygen atoms in total. The van der Waals surface area contributed by atoms with Crippen molar-refractivity contribution in [2.75, 3.05) is 37.5 Å². The van der Waals surface area contributed by atoms with Crippen LogP contribution in [0.4, 0.5) is 11.6 Å². The van der Waals surface area contributed by atoms with Gasteiger partial charge in [-0.3, -0.25) is 4.79 Å². The lowest BCUT2D eigenvalue weighted by molar-refractivity contribution is 0.102. The Bertz CT molecular complexity index is 713. The standard InChI is InChI=1S/C19H26N4O3/c1-5-11-23(12-6-2)18-10-9-17(21-22-18)20-19(24)14-7-8-15(25-3)16(13-14)26-4/h7-10,13H,5-6,11-12H2,1-4H3,(H,20,21,24). The molecule has 0 fully saturated rings. The van der Waals surface area contributed by atoms with E-state index in [1.165, 1.54) is 7.11 Å². The molecular formula is C19H26N4O3. The predicted molar refractivity (Wildman–Crippen MR) is 102 cm³/mol. The number of hydrogen-bond acceptors (Lipinski definition) is 6. The van der Waals surface area contributed by atoms with Crippen LogP contribution in [0, 0.1) is 0 Å². The summed E-state index contributed by atoms with van der Waals surface area (Å²) in [5, 5.41) is 11.1. The van der Waals surface area contributed by atoms with E-state index < -0.39 is 0 Å². The molecule has 2 aromatic rings. The van der Waals surface area contributed by atoms with E-state index in [4.69, 9.17) is 9.47 Å². The minimum absolute atomic E-state index is 0.285. The number of carbonyl (C=O) groups excluding carboxylic acids is 1. The van der Waals surface area contributed by atoms with Gasteiger partial charge in [0.1, 0.15) is 0 Å². The Labute approximate surface area is 154 Å². The quantitative estimate of drug-likeness (QED) is 0.741. The molecule has 1 aromatic carbocycles. The van der Waals surface area contributed by atoms with Gasteiger partial charge in [0.05, 0.1) is 14.2 Å². The fraction of sp³-hybridized carbons (Fsp3) is 0.421. The summed E-state index contributed by atoms with van der Waals surface area (Å²) in [6, 6.07) is 8.63. The molecule has 1 amide bonds. The molecule has 1 aromatic heterocycles. The van der Waals surface area contributed by atoms with Gasteiger partial charge in [0.15, 0.2) is 23.1 Å². The first kappa shape index (κ1) is 19.5. The zero-order valence-electron chi connectivity index (χ0n) is 15.8. The molecule has 26 heavy (non-hydrogen) atoms. The third-order valence-corrected chi connectivity index (χ3v) is 3.85. The Morgan fingerprint density at radius 1 is 1.00 bits per heavy atom. The van der Waals surface area contributed by atoms with Crippen LogP contribution in [0.3, 0.4) is 0 Å². The molecule has 0 saturated carbocycles. The molecule has 0 aliphatic rings. The van der Waals surface area contributed by atoms with Crippen LogP contribution in [-0.4, -0.2) is 43.4 Å². The molecule has 0 atom stereocenters. The summed E-state index contributed by atoms with van der Waals surface area (Å²) in [4.78, 5) is 14.6. The summed E-state index contributed by atoms with van der Waals surface area (Å²) in [5.74, 6) is 2.00. The molecule has 0 aliphatic carbocycles. The van der Waals surface area contributed by atoms with Crippen LogP contribution < -0.4 is 19.7 Å². The summed E-state index contributed by atoms with van der Waals surface area (Å²) in [7, 11) is 3.08. The Hall–Kier alpha value is -2.83. The fourth-order valence-electron chi connectivity index (χ4n) is 2.61. The smallest absolute Gasteiger partial charge is 0.257 e. The van der Waals surface area contributed by atoms with Gasteiger partial charge >= 0.3 is 0 Å². The van der Waals surface area contributed by atoms with Gasteiger partial charge < -0.3 is 19.7 Å². The summed E-state index contributed by atoms with van der Waals surface area (Å²) in [5.41, 5.74) is 0.451. The van der Waals surface area contributed by atoms with E-state index in [9.17, 15) is 4.79 Å². The number of anilines is 2. The van der Waals surface area contributed by atoms with Crippen LogP contribution in [0.1, 0.15) is 37.0 Å². The maximum absolute atomic E-state index is 12.4. The largest absolute Gasteiger partial charge is 0.493 e. The SMILES string of the molecule is CCCN(CCC)c1ccc(NC(=O)c2ccc(OC)c(OC)c2)nn1. The van der Waals surface area contributed by atoms with Gasteiger partial charge in [-0.25, -0.2) is 0 Å². The van der Waals surface area contributed by atoms with Crippen LogP contribution in [0.2, 0.25) is 0 Å². The Kier molecular flexibility index (Phi) is 7.20. The molecule has 2 rings (SSSR count). The van der Waals surface area contributed by atoms with Crippen LogP contribution in [0.15, 0.2) is 30.3 Å². The number of nitrogens with one attached hydrogen (secondary N) is 1. The highest BCUT2D eigenvalue weighted by atomic mass is 16.5. The molecule has 0 unspecified atom stereocenters. The van der Waals surface area contributed by atoms with E-state index in [-0.39, 0.29) is 5.91 Å². The number of aromatic nitrogens is 2. The Balaban J connectivity index is 2.09. The van der Waals surface area contributed by atoms with Gasteiger partial charge in [-0.05, 0) is 43.2 Å². The number of hydrogen-bond donors (Lipinski definition) is 1. The van der Waals surface area contributed by atoms with Crippen LogP contribution in [0.5, 0.6) is 11.5 Å². The van der Waals surface area contributed by atoms with Gasteiger partial charge in [-0.15, -0.1) is 10.2 Å². The number of amides is 1. The highest BCUT2D eigenvalue weighted by Gasteiger charge is 2.12. The molecule has 7 heteroatoms. The minimum atomic E-state index is -0.285. The van der Waals surface area contributed by atoms with Crippen LogP contribution >= 0.6 is 0 Å². The van der Waals surface area contributed by atoms with E-state index in [1.54, 1.807) is 31.4 Å². The topological polar surface area (TPSA) is 76.6 Å². The summed E-state index contributed by atoms with van der Waals surface area (Å²) >= 11 is 0. The zero-order valence-corrected chi connectivity index (χ0v) is 15.8. The zero-order chi connectivity index (χ0) is 18.9. The van der Waals surface area contributed by atoms with Gasteiger partial charge in [-0.1, -0.05) is 13.8 Å². The van der Waals surface area contributed by atoms with E-state index in [0.717, 1.165) is 31.7 Å². The Morgan fingerprint density at radius 2 is 1.69 bits per heavy atom. The lowest BCUT2D eigenvalue weighted by Crippen LogP contribution is -2.26. The van der Waals surface area contributed by atoms with Crippen molar-refractivity contribution < 1.29 is 14.3 Å². The normalized spacial score (nSPS) is 10.3. The van der Waals surface area contributed by atoms with Gasteiger partial charge in [0.2, 0.25) is 0 Å². The number of benzene rings is 1. The minimum Gasteiger partial charge on any atom is -0.493 e. The van der Waals surface area contributed by atoms with E-state index in [2.05, 4.69) is 34.3 Å². The average Bonchev–Trinajstić information content (AvgIpc) is 2.67. The number of methoxy groups -OCH3 is 2. The lowest BCUT2D eigenvalue weighted by atomic mass is 10.2. The Morgan fingerprint density at radius 3 is 2.23 bits per heavy atom. The van der Waals surface area contributed by atoms with E-state index in [0.29, 0.717) is 22.9 Å². The summed E-state index contributed by atoms with van der Waals surface area (Å²) < 4.78 is 10.4. The second-order valence-electron chi connectivity index (χ2n) is 5.79. The van der Waals surface area contributed by atoms with Gasteiger partial charge in [0, 0.05) is 18.7 Å². The molecule has 0 saturated heterocycles. The molecule has 0 aliphatic heterocycles. The van der Waals surface area contributed by atoms with Crippen molar-refractivity contribution in [3.8, 4) is 11.5 Å². The maximum atomic E-state index is 12.4. The molecule has 0 bridgehead atoms. The maximum Gasteiger partial charge on any atom is 0.257 e. The van der Waals surface area contributed by atoms with Crippen molar-refractivity contribution in [3.63, 3.8) is 0 Å². The summed E-state index contributed by atoms with van der Waals surface area (Å²) in [6.45, 7) is 6.13. The number of ether oxygens (including phenoxy) is 2. The first-order valence-corrected chi connectivity index (χ1v) is 8.75. The summed E-state index contributed by atoms with van der Waals surface area (Å²) in [6.07, 6.45) is 2.08. The molecule has 1 heterocycles. The van der Waals surface area contributed by atoms with Crippen molar-refractivity contribution >= 4 is 17.5 Å². The van der Waals surface area contributed by atoms with Gasteiger partial charge in [0.25, 0.3) is 5.91 Å². The third-order valence-electron chi connectivity index (χ3n) is 3.85. The lowest BCUT2D eigenvalue weighted by Gasteiger charge is -2.21. The third kappa shape index (κ3) is 4.84. The highest BCUT2D eigenvalue weighted by molar-refractivity contribution is 6.04. The van der Waals surface area contributed by atoms with Crippen LogP contribution in [0.25, 0.3) is 0 Å². The molecular weight excluding hydrogens is 332 g/mol. The van der Waals surface area contributed by atoms with Gasteiger partial charge in [-0.2, -0.15) is 0 Å². The van der Waals surface area contributed by atoms with Crippen molar-refractivity contribution in [2.24, 2.45) is 0 Å². The fourth-order valence-corrected chi connectivity index (χ4v) is 2.61. The first-order chi connectivity index (χ1) is 12.6. The number of nitrogens with zero attached hydrogens (tertiary/aromatic N) is 3. The predicted octanol–water partition coefficient (Wildman–Crippen LogP) is 3.37. The molecule has 0 radical (unpaired) electrons. The van der Waals surface area contributed by atoms with E-state index >= 15 is 0 Å². The highest BCUT2D eigenvalue weighted by Crippen LogP contribution is 2.27. The molecule has 0 spiro atoms. The average molecular weight is 358 g/mol. The van der Waals surface area contributed by atoms with Crippen molar-refractivity contribution in [3.05, 3.63) is 35.9 Å². The van der Waals surface area contributed by atoms with Crippen molar-refractivity contribution in [1.82, 2.24) is 10.2 Å². The molecule has 1 N–H and O–H groups in total. The first-order valence-electron chi connectivity index (χ1n) is 8.75. The van der Waals surface area contributed by atoms with Crippen molar-refractivity contribution in [1.29, 1.82) is 0 Å². The van der Waals surface area contributed by atoms with E-state index in [1.807, 2.05) is 6.07 Å². The number of rotatable bonds is 9. The van der Waals surface area contributed by atoms with Crippen LogP contribution in [-0.2, 0) is 0 Å². The second kappa shape index (κ2) is 9.60.